The minimum absolute atomic E-state index is 0.124. The second-order valence-corrected chi connectivity index (χ2v) is 7.17. The molecule has 0 radical (unpaired) electrons. The van der Waals surface area contributed by atoms with Crippen molar-refractivity contribution in [2.24, 2.45) is 0 Å². The van der Waals surface area contributed by atoms with E-state index < -0.39 is 15.7 Å². The molecule has 5 nitrogen and oxygen atoms in total. The summed E-state index contributed by atoms with van der Waals surface area (Å²) in [6, 6.07) is 0.124. The van der Waals surface area contributed by atoms with Gasteiger partial charge in [0.1, 0.15) is 0 Å². The van der Waals surface area contributed by atoms with Crippen LogP contribution < -0.4 is 4.72 Å². The fourth-order valence-electron chi connectivity index (χ4n) is 2.61. The molecule has 1 saturated carbocycles. The Hall–Kier alpha value is -0.170. The van der Waals surface area contributed by atoms with Crippen molar-refractivity contribution in [2.45, 2.75) is 51.1 Å². The molecule has 0 aromatic heterocycles. The molecule has 0 amide bonds. The molecule has 1 heterocycles. The van der Waals surface area contributed by atoms with Crippen LogP contribution >= 0.6 is 0 Å². The predicted molar refractivity (Wildman–Crippen MR) is 65.9 cm³/mol. The summed E-state index contributed by atoms with van der Waals surface area (Å²) < 4.78 is 34.3. The van der Waals surface area contributed by atoms with Crippen LogP contribution in [0, 0.1) is 0 Å². The van der Waals surface area contributed by atoms with Crippen molar-refractivity contribution >= 4 is 10.2 Å². The summed E-state index contributed by atoms with van der Waals surface area (Å²) in [4.78, 5) is 0. The van der Waals surface area contributed by atoms with Crippen molar-refractivity contribution in [3.8, 4) is 0 Å². The topological polar surface area (TPSA) is 58.6 Å². The van der Waals surface area contributed by atoms with E-state index in [4.69, 9.17) is 4.74 Å². The smallest absolute Gasteiger partial charge is 0.280 e. The van der Waals surface area contributed by atoms with Gasteiger partial charge in [-0.2, -0.15) is 17.4 Å². The summed E-state index contributed by atoms with van der Waals surface area (Å²) in [5, 5.41) is 0. The van der Waals surface area contributed by atoms with E-state index in [9.17, 15) is 8.42 Å². The molecular formula is C11H22N2O3S. The van der Waals surface area contributed by atoms with Gasteiger partial charge in [0, 0.05) is 12.6 Å². The molecule has 2 aliphatic rings. The third-order valence-electron chi connectivity index (χ3n) is 3.53. The van der Waals surface area contributed by atoms with E-state index in [0.717, 1.165) is 25.7 Å². The number of ether oxygens (including phenoxy) is 1. The van der Waals surface area contributed by atoms with Crippen LogP contribution in [0.3, 0.4) is 0 Å². The quantitative estimate of drug-likeness (QED) is 0.821. The van der Waals surface area contributed by atoms with E-state index in [-0.39, 0.29) is 6.04 Å². The van der Waals surface area contributed by atoms with Gasteiger partial charge < -0.3 is 4.74 Å². The largest absolute Gasteiger partial charge is 0.378 e. The first-order valence-electron chi connectivity index (χ1n) is 6.30. The van der Waals surface area contributed by atoms with E-state index in [0.29, 0.717) is 19.8 Å². The lowest BCUT2D eigenvalue weighted by molar-refractivity contribution is -0.00845. The summed E-state index contributed by atoms with van der Waals surface area (Å²) in [6.07, 6.45) is 4.17. The molecule has 0 spiro atoms. The van der Waals surface area contributed by atoms with Crippen LogP contribution in [-0.2, 0) is 14.9 Å². The molecule has 0 bridgehead atoms. The molecule has 1 aliphatic carbocycles. The van der Waals surface area contributed by atoms with Gasteiger partial charge in [-0.1, -0.05) is 12.8 Å². The van der Waals surface area contributed by atoms with Gasteiger partial charge in [0.25, 0.3) is 10.2 Å². The number of hydrogen-bond donors (Lipinski definition) is 1. The van der Waals surface area contributed by atoms with Crippen molar-refractivity contribution in [3.05, 3.63) is 0 Å². The number of nitrogens with one attached hydrogen (secondary N) is 1. The summed E-state index contributed by atoms with van der Waals surface area (Å²) in [6.45, 7) is 5.18. The van der Waals surface area contributed by atoms with Gasteiger partial charge in [0.15, 0.2) is 0 Å². The van der Waals surface area contributed by atoms with Gasteiger partial charge in [0.05, 0.1) is 18.8 Å². The lowest BCUT2D eigenvalue weighted by atomic mass is 10.1. The van der Waals surface area contributed by atoms with Gasteiger partial charge >= 0.3 is 0 Å². The van der Waals surface area contributed by atoms with Gasteiger partial charge in [0.2, 0.25) is 0 Å². The molecule has 6 heteroatoms. The van der Waals surface area contributed by atoms with Crippen molar-refractivity contribution in [2.75, 3.05) is 19.8 Å². The fraction of sp³-hybridized carbons (Fsp3) is 1.00. The van der Waals surface area contributed by atoms with Gasteiger partial charge in [-0.25, -0.2) is 0 Å². The summed E-state index contributed by atoms with van der Waals surface area (Å²) in [7, 11) is -3.37. The first kappa shape index (κ1) is 13.3. The Kier molecular flexibility index (Phi) is 3.77. The molecule has 17 heavy (non-hydrogen) atoms. The molecule has 1 saturated heterocycles. The van der Waals surface area contributed by atoms with Gasteiger partial charge in [-0.05, 0) is 26.7 Å². The zero-order chi connectivity index (χ0) is 12.5. The predicted octanol–water partition coefficient (Wildman–Crippen LogP) is 0.874. The molecule has 1 aliphatic heterocycles. The average molecular weight is 262 g/mol. The number of hydrogen-bond acceptors (Lipinski definition) is 3. The van der Waals surface area contributed by atoms with E-state index >= 15 is 0 Å². The van der Waals surface area contributed by atoms with E-state index in [1.54, 1.807) is 4.31 Å². The molecule has 2 fully saturated rings. The normalized spacial score (nSPS) is 27.4. The minimum Gasteiger partial charge on any atom is -0.378 e. The van der Waals surface area contributed by atoms with E-state index in [1.807, 2.05) is 13.8 Å². The first-order valence-corrected chi connectivity index (χ1v) is 7.74. The van der Waals surface area contributed by atoms with Crippen LogP contribution in [0.15, 0.2) is 0 Å². The number of rotatable bonds is 3. The molecular weight excluding hydrogens is 240 g/mol. The standard InChI is InChI=1S/C11H22N2O3S/c1-11(2)9-16-8-7-13(11)17(14,15)12-10-5-3-4-6-10/h10,12H,3-9H2,1-2H3. The van der Waals surface area contributed by atoms with Crippen LogP contribution in [0.2, 0.25) is 0 Å². The maximum Gasteiger partial charge on any atom is 0.280 e. The minimum atomic E-state index is -3.37. The third-order valence-corrected chi connectivity index (χ3v) is 5.42. The Morgan fingerprint density at radius 2 is 1.94 bits per heavy atom. The van der Waals surface area contributed by atoms with E-state index in [1.165, 1.54) is 0 Å². The summed E-state index contributed by atoms with van der Waals surface area (Å²) in [5.41, 5.74) is -0.456. The Bertz CT molecular complexity index is 361. The van der Waals surface area contributed by atoms with Crippen molar-refractivity contribution in [1.82, 2.24) is 9.03 Å². The average Bonchev–Trinajstić information content (AvgIpc) is 2.68. The van der Waals surface area contributed by atoms with Crippen LogP contribution in [0.5, 0.6) is 0 Å². The second-order valence-electron chi connectivity index (χ2n) is 5.54. The highest BCUT2D eigenvalue weighted by molar-refractivity contribution is 7.87. The summed E-state index contributed by atoms with van der Waals surface area (Å²) >= 11 is 0. The SMILES string of the molecule is CC1(C)COCCN1S(=O)(=O)NC1CCCC1. The Balaban J connectivity index is 2.07. The highest BCUT2D eigenvalue weighted by atomic mass is 32.2. The maximum absolute atomic E-state index is 12.3. The highest BCUT2D eigenvalue weighted by Crippen LogP contribution is 2.24. The van der Waals surface area contributed by atoms with Crippen molar-refractivity contribution in [3.63, 3.8) is 0 Å². The van der Waals surface area contributed by atoms with Crippen LogP contribution in [0.4, 0.5) is 0 Å². The number of nitrogens with zero attached hydrogens (tertiary/aromatic N) is 1. The Morgan fingerprint density at radius 1 is 1.29 bits per heavy atom. The molecule has 0 atom stereocenters. The first-order chi connectivity index (χ1) is 7.92. The molecule has 0 aromatic carbocycles. The highest BCUT2D eigenvalue weighted by Gasteiger charge is 2.39. The van der Waals surface area contributed by atoms with Gasteiger partial charge in [-0.3, -0.25) is 0 Å². The van der Waals surface area contributed by atoms with Crippen LogP contribution in [0.25, 0.3) is 0 Å². The monoisotopic (exact) mass is 262 g/mol. The second kappa shape index (κ2) is 4.84. The lowest BCUT2D eigenvalue weighted by Gasteiger charge is -2.41. The number of morpholine rings is 1. The lowest BCUT2D eigenvalue weighted by Crippen LogP contribution is -2.59. The molecule has 0 aromatic rings. The fourth-order valence-corrected chi connectivity index (χ4v) is 4.41. The zero-order valence-electron chi connectivity index (χ0n) is 10.6. The van der Waals surface area contributed by atoms with Crippen molar-refractivity contribution in [1.29, 1.82) is 0 Å². The van der Waals surface area contributed by atoms with Crippen molar-refractivity contribution < 1.29 is 13.2 Å². The Morgan fingerprint density at radius 3 is 2.53 bits per heavy atom. The van der Waals surface area contributed by atoms with E-state index in [2.05, 4.69) is 4.72 Å². The zero-order valence-corrected chi connectivity index (χ0v) is 11.4. The Labute approximate surface area is 104 Å². The maximum atomic E-state index is 12.3. The third kappa shape index (κ3) is 2.99. The van der Waals surface area contributed by atoms with Crippen LogP contribution in [-0.4, -0.2) is 44.1 Å². The molecule has 1 N–H and O–H groups in total. The summed E-state index contributed by atoms with van der Waals surface area (Å²) in [5.74, 6) is 0. The molecule has 0 unspecified atom stereocenters. The molecule has 100 valence electrons. The van der Waals surface area contributed by atoms with Crippen LogP contribution in [0.1, 0.15) is 39.5 Å². The molecule has 2 rings (SSSR count). The van der Waals surface area contributed by atoms with Gasteiger partial charge in [-0.15, -0.1) is 0 Å².